The lowest BCUT2D eigenvalue weighted by molar-refractivity contribution is -0.134. The number of carbonyl (C=O) groups is 1. The number of nitrogens with zero attached hydrogens (tertiary/aromatic N) is 2. The third-order valence-electron chi connectivity index (χ3n) is 3.50. The van der Waals surface area contributed by atoms with Crippen molar-refractivity contribution in [2.75, 3.05) is 32.1 Å². The van der Waals surface area contributed by atoms with Crippen LogP contribution >= 0.6 is 11.6 Å². The molecule has 2 rings (SSSR count). The van der Waals surface area contributed by atoms with Gasteiger partial charge in [0, 0.05) is 38.0 Å². The Kier molecular flexibility index (Phi) is 3.87. The summed E-state index contributed by atoms with van der Waals surface area (Å²) in [6, 6.07) is 0.617. The molecule has 2 aliphatic heterocycles. The standard InChI is InChI=1S/C11H19ClN2O/c12-5-4-11(15)14-8-7-13-6-2-1-3-10(13)9-14/h10H,1-9H2. The smallest absolute Gasteiger partial charge is 0.223 e. The van der Waals surface area contributed by atoms with Crippen LogP contribution in [0.1, 0.15) is 25.7 Å². The summed E-state index contributed by atoms with van der Waals surface area (Å²) in [5.74, 6) is 0.680. The molecule has 0 saturated carbocycles. The number of piperazine rings is 1. The molecule has 0 N–H and O–H groups in total. The second kappa shape index (κ2) is 5.17. The summed E-state index contributed by atoms with van der Waals surface area (Å²) in [4.78, 5) is 16.2. The van der Waals surface area contributed by atoms with E-state index in [9.17, 15) is 4.79 Å². The molecule has 0 spiro atoms. The van der Waals surface area contributed by atoms with E-state index < -0.39 is 0 Å². The molecule has 2 heterocycles. The second-order valence-electron chi connectivity index (χ2n) is 4.46. The van der Waals surface area contributed by atoms with Crippen molar-refractivity contribution in [2.24, 2.45) is 0 Å². The van der Waals surface area contributed by atoms with Crippen LogP contribution in [0.25, 0.3) is 0 Å². The van der Waals surface area contributed by atoms with Crippen LogP contribution in [-0.2, 0) is 4.79 Å². The zero-order valence-electron chi connectivity index (χ0n) is 9.12. The Morgan fingerprint density at radius 2 is 2.13 bits per heavy atom. The lowest BCUT2D eigenvalue weighted by Gasteiger charge is -2.44. The molecule has 2 fully saturated rings. The highest BCUT2D eigenvalue weighted by Gasteiger charge is 2.30. The van der Waals surface area contributed by atoms with Crippen LogP contribution < -0.4 is 0 Å². The van der Waals surface area contributed by atoms with Gasteiger partial charge in [-0.1, -0.05) is 6.42 Å². The first-order chi connectivity index (χ1) is 7.31. The average Bonchev–Trinajstić information content (AvgIpc) is 2.29. The van der Waals surface area contributed by atoms with E-state index in [2.05, 4.69) is 4.90 Å². The summed E-state index contributed by atoms with van der Waals surface area (Å²) in [7, 11) is 0. The van der Waals surface area contributed by atoms with E-state index in [0.717, 1.165) is 19.6 Å². The van der Waals surface area contributed by atoms with E-state index in [0.29, 0.717) is 18.3 Å². The molecular formula is C11H19ClN2O. The fraction of sp³-hybridized carbons (Fsp3) is 0.909. The first-order valence-corrected chi connectivity index (χ1v) is 6.42. The number of carbonyl (C=O) groups excluding carboxylic acids is 1. The first-order valence-electron chi connectivity index (χ1n) is 5.89. The van der Waals surface area contributed by atoms with Crippen LogP contribution in [0.4, 0.5) is 0 Å². The zero-order chi connectivity index (χ0) is 10.7. The van der Waals surface area contributed by atoms with Crippen LogP contribution in [0.2, 0.25) is 0 Å². The van der Waals surface area contributed by atoms with Gasteiger partial charge >= 0.3 is 0 Å². The van der Waals surface area contributed by atoms with E-state index in [1.165, 1.54) is 25.8 Å². The molecule has 15 heavy (non-hydrogen) atoms. The number of rotatable bonds is 2. The lowest BCUT2D eigenvalue weighted by atomic mass is 9.99. The largest absolute Gasteiger partial charge is 0.340 e. The summed E-state index contributed by atoms with van der Waals surface area (Å²) in [6.07, 6.45) is 4.39. The summed E-state index contributed by atoms with van der Waals surface area (Å²) in [6.45, 7) is 4.10. The first kappa shape index (κ1) is 11.2. The Morgan fingerprint density at radius 3 is 2.93 bits per heavy atom. The van der Waals surface area contributed by atoms with Crippen molar-refractivity contribution in [2.45, 2.75) is 31.7 Å². The van der Waals surface area contributed by atoms with Gasteiger partial charge in [0.25, 0.3) is 0 Å². The Bertz CT molecular complexity index is 235. The number of fused-ring (bicyclic) bond motifs is 1. The topological polar surface area (TPSA) is 23.6 Å². The maximum Gasteiger partial charge on any atom is 0.223 e. The molecule has 1 unspecified atom stereocenters. The monoisotopic (exact) mass is 230 g/mol. The van der Waals surface area contributed by atoms with Gasteiger partial charge in [0.2, 0.25) is 5.91 Å². The zero-order valence-corrected chi connectivity index (χ0v) is 9.88. The third-order valence-corrected chi connectivity index (χ3v) is 3.69. The van der Waals surface area contributed by atoms with Gasteiger partial charge in [-0.2, -0.15) is 0 Å². The Morgan fingerprint density at radius 1 is 1.27 bits per heavy atom. The molecule has 0 aromatic carbocycles. The average molecular weight is 231 g/mol. The molecule has 4 heteroatoms. The van der Waals surface area contributed by atoms with Crippen LogP contribution in [0.3, 0.4) is 0 Å². The Balaban J connectivity index is 1.87. The van der Waals surface area contributed by atoms with Gasteiger partial charge in [-0.15, -0.1) is 11.6 Å². The molecule has 1 atom stereocenters. The van der Waals surface area contributed by atoms with Crippen molar-refractivity contribution in [1.82, 2.24) is 9.80 Å². The summed E-state index contributed by atoms with van der Waals surface area (Å²) in [5, 5.41) is 0. The van der Waals surface area contributed by atoms with Crippen LogP contribution in [0.15, 0.2) is 0 Å². The van der Waals surface area contributed by atoms with Gasteiger partial charge in [-0.25, -0.2) is 0 Å². The van der Waals surface area contributed by atoms with E-state index in [1.54, 1.807) is 0 Å². The van der Waals surface area contributed by atoms with Gasteiger partial charge in [0.05, 0.1) is 0 Å². The molecule has 0 aromatic heterocycles. The van der Waals surface area contributed by atoms with Crippen LogP contribution in [-0.4, -0.2) is 53.8 Å². The molecular weight excluding hydrogens is 212 g/mol. The fourth-order valence-corrected chi connectivity index (χ4v) is 2.78. The molecule has 3 nitrogen and oxygen atoms in total. The van der Waals surface area contributed by atoms with Crippen LogP contribution in [0, 0.1) is 0 Å². The second-order valence-corrected chi connectivity index (χ2v) is 4.84. The highest BCUT2D eigenvalue weighted by atomic mass is 35.5. The number of piperidine rings is 1. The molecule has 0 bridgehead atoms. The highest BCUT2D eigenvalue weighted by molar-refractivity contribution is 6.18. The van der Waals surface area contributed by atoms with E-state index in [-0.39, 0.29) is 5.91 Å². The predicted molar refractivity (Wildman–Crippen MR) is 61.1 cm³/mol. The molecule has 1 amide bonds. The predicted octanol–water partition coefficient (Wildman–Crippen LogP) is 1.31. The lowest BCUT2D eigenvalue weighted by Crippen LogP contribution is -2.56. The van der Waals surface area contributed by atoms with Crippen LogP contribution in [0.5, 0.6) is 0 Å². The molecule has 2 saturated heterocycles. The number of hydrogen-bond donors (Lipinski definition) is 0. The molecule has 86 valence electrons. The summed E-state index contributed by atoms with van der Waals surface area (Å²) in [5.41, 5.74) is 0. The Hall–Kier alpha value is -0.280. The normalized spacial score (nSPS) is 27.5. The van der Waals surface area contributed by atoms with Crippen molar-refractivity contribution < 1.29 is 4.79 Å². The third kappa shape index (κ3) is 2.64. The minimum atomic E-state index is 0.232. The van der Waals surface area contributed by atoms with Gasteiger partial charge in [0.15, 0.2) is 0 Å². The summed E-state index contributed by atoms with van der Waals surface area (Å²) < 4.78 is 0. The van der Waals surface area contributed by atoms with Crippen molar-refractivity contribution in [3.63, 3.8) is 0 Å². The van der Waals surface area contributed by atoms with Gasteiger partial charge in [-0.3, -0.25) is 9.69 Å². The maximum absolute atomic E-state index is 11.7. The molecule has 0 aliphatic carbocycles. The van der Waals surface area contributed by atoms with Gasteiger partial charge < -0.3 is 4.90 Å². The van der Waals surface area contributed by atoms with E-state index in [4.69, 9.17) is 11.6 Å². The number of amides is 1. The number of alkyl halides is 1. The van der Waals surface area contributed by atoms with Crippen molar-refractivity contribution >= 4 is 17.5 Å². The van der Waals surface area contributed by atoms with Crippen molar-refractivity contribution in [1.29, 1.82) is 0 Å². The van der Waals surface area contributed by atoms with E-state index in [1.807, 2.05) is 4.90 Å². The quantitative estimate of drug-likeness (QED) is 0.668. The highest BCUT2D eigenvalue weighted by Crippen LogP contribution is 2.21. The molecule has 0 radical (unpaired) electrons. The van der Waals surface area contributed by atoms with Gasteiger partial charge in [-0.05, 0) is 19.4 Å². The maximum atomic E-state index is 11.7. The minimum Gasteiger partial charge on any atom is -0.340 e. The number of hydrogen-bond acceptors (Lipinski definition) is 2. The minimum absolute atomic E-state index is 0.232. The molecule has 0 aromatic rings. The SMILES string of the molecule is O=C(CCCl)N1CCN2CCCCC2C1. The van der Waals surface area contributed by atoms with E-state index >= 15 is 0 Å². The molecule has 2 aliphatic rings. The Labute approximate surface area is 96.4 Å². The number of halogens is 1. The van der Waals surface area contributed by atoms with Crippen molar-refractivity contribution in [3.8, 4) is 0 Å². The summed E-state index contributed by atoms with van der Waals surface area (Å²) >= 11 is 5.60. The fourth-order valence-electron chi connectivity index (χ4n) is 2.62. The van der Waals surface area contributed by atoms with Crippen molar-refractivity contribution in [3.05, 3.63) is 0 Å². The van der Waals surface area contributed by atoms with Gasteiger partial charge in [0.1, 0.15) is 0 Å².